The molecule has 0 aliphatic heterocycles. The number of nitrogens with one attached hydrogen (secondary N) is 1. The summed E-state index contributed by atoms with van der Waals surface area (Å²) in [5.74, 6) is -0.128. The molecule has 0 aromatic heterocycles. The van der Waals surface area contributed by atoms with Crippen molar-refractivity contribution in [3.05, 3.63) is 41.4 Å². The fraction of sp³-hybridized carbons (Fsp3) is 0.250. The van der Waals surface area contributed by atoms with E-state index >= 15 is 0 Å². The number of rotatable bonds is 7. The normalized spacial score (nSPS) is 12.3. The molecule has 0 aliphatic rings. The van der Waals surface area contributed by atoms with Crippen molar-refractivity contribution < 1.29 is 13.6 Å². The summed E-state index contributed by atoms with van der Waals surface area (Å²) in [7, 11) is -3.39. The average molecular weight is 318 g/mol. The minimum Gasteiger partial charge on any atom is -0.409 e. The smallest absolute Gasteiger partial charge is 0.179 e. The maximum Gasteiger partial charge on any atom is 0.179 e. The number of nitrogens with zero attached hydrogens (tertiary/aromatic N) is 1. The highest BCUT2D eigenvalue weighted by Gasteiger charge is 2.14. The van der Waals surface area contributed by atoms with Crippen molar-refractivity contribution >= 4 is 27.3 Å². The van der Waals surface area contributed by atoms with E-state index in [-0.39, 0.29) is 23.0 Å². The minimum absolute atomic E-state index is 0.0555. The van der Waals surface area contributed by atoms with Gasteiger partial charge in [0.05, 0.1) is 10.6 Å². The number of halogens is 1. The molecule has 4 N–H and O–H groups in total. The van der Waals surface area contributed by atoms with Crippen LogP contribution in [0.4, 0.5) is 0 Å². The number of amidine groups is 1. The van der Waals surface area contributed by atoms with Gasteiger partial charge < -0.3 is 16.3 Å². The summed E-state index contributed by atoms with van der Waals surface area (Å²) in [6.07, 6.45) is 0. The molecule has 0 amide bonds. The van der Waals surface area contributed by atoms with Crippen LogP contribution in [0.25, 0.3) is 0 Å². The molecule has 0 radical (unpaired) electrons. The lowest BCUT2D eigenvalue weighted by Gasteiger charge is -2.06. The van der Waals surface area contributed by atoms with Crippen LogP contribution >= 0.6 is 11.6 Å². The quantitative estimate of drug-likeness (QED) is 0.228. The van der Waals surface area contributed by atoms with Gasteiger partial charge in [0.2, 0.25) is 0 Å². The molecule has 0 atom stereocenters. The Labute approximate surface area is 122 Å². The summed E-state index contributed by atoms with van der Waals surface area (Å²) in [4.78, 5) is 0.179. The van der Waals surface area contributed by atoms with Crippen LogP contribution in [-0.2, 0) is 9.84 Å². The van der Waals surface area contributed by atoms with Crippen LogP contribution in [0.1, 0.15) is 5.56 Å². The Bertz CT molecular complexity index is 597. The molecule has 0 spiro atoms. The SMILES string of the molecule is C=C(Cl)CNCCS(=O)(=O)c1ccc(/C(N)=N\O)cc1. The molecule has 8 heteroatoms. The third kappa shape index (κ3) is 4.84. The Kier molecular flexibility index (Phi) is 6.00. The van der Waals surface area contributed by atoms with Gasteiger partial charge in [-0.05, 0) is 24.3 Å². The van der Waals surface area contributed by atoms with Gasteiger partial charge >= 0.3 is 0 Å². The second-order valence-electron chi connectivity index (χ2n) is 4.02. The van der Waals surface area contributed by atoms with Crippen LogP contribution in [0.15, 0.2) is 45.9 Å². The molecule has 1 aromatic carbocycles. The molecule has 0 aliphatic carbocycles. The first-order chi connectivity index (χ1) is 9.36. The largest absolute Gasteiger partial charge is 0.409 e. The molecular formula is C12H16ClN3O3S. The minimum atomic E-state index is -3.39. The zero-order chi connectivity index (χ0) is 15.2. The second kappa shape index (κ2) is 7.28. The standard InChI is InChI=1S/C12H16ClN3O3S/c1-9(13)8-15-6-7-20(18,19)11-4-2-10(3-5-11)12(14)16-17/h2-5,15,17H,1,6-8H2,(H2,14,16). The average Bonchev–Trinajstić information content (AvgIpc) is 2.43. The lowest BCUT2D eigenvalue weighted by atomic mass is 10.2. The topological polar surface area (TPSA) is 105 Å². The Balaban J connectivity index is 2.70. The van der Waals surface area contributed by atoms with Crippen LogP contribution in [0.5, 0.6) is 0 Å². The van der Waals surface area contributed by atoms with E-state index in [0.29, 0.717) is 17.1 Å². The van der Waals surface area contributed by atoms with Crippen LogP contribution in [0.3, 0.4) is 0 Å². The van der Waals surface area contributed by atoms with E-state index in [4.69, 9.17) is 22.5 Å². The molecule has 0 saturated carbocycles. The zero-order valence-electron chi connectivity index (χ0n) is 10.7. The number of nitrogens with two attached hydrogens (primary N) is 1. The summed E-state index contributed by atoms with van der Waals surface area (Å²) in [6.45, 7) is 4.13. The van der Waals surface area contributed by atoms with Gasteiger partial charge in [-0.3, -0.25) is 0 Å². The lowest BCUT2D eigenvalue weighted by molar-refractivity contribution is 0.318. The predicted molar refractivity (Wildman–Crippen MR) is 78.9 cm³/mol. The first-order valence-electron chi connectivity index (χ1n) is 5.71. The van der Waals surface area contributed by atoms with Crippen molar-refractivity contribution in [2.75, 3.05) is 18.8 Å². The molecule has 1 rings (SSSR count). The number of hydrogen-bond acceptors (Lipinski definition) is 5. The first-order valence-corrected chi connectivity index (χ1v) is 7.74. The Morgan fingerprint density at radius 3 is 2.50 bits per heavy atom. The van der Waals surface area contributed by atoms with Gasteiger partial charge in [0, 0.05) is 23.7 Å². The lowest BCUT2D eigenvalue weighted by Crippen LogP contribution is -2.24. The molecule has 110 valence electrons. The summed E-state index contributed by atoms with van der Waals surface area (Å²) in [6, 6.07) is 5.80. The van der Waals surface area contributed by atoms with Crippen molar-refractivity contribution in [1.29, 1.82) is 0 Å². The molecule has 0 heterocycles. The predicted octanol–water partition coefficient (Wildman–Crippen LogP) is 0.897. The summed E-state index contributed by atoms with van der Waals surface area (Å²) in [5.41, 5.74) is 5.85. The van der Waals surface area contributed by atoms with Crippen molar-refractivity contribution in [3.8, 4) is 0 Å². The molecule has 1 aromatic rings. The van der Waals surface area contributed by atoms with E-state index in [1.807, 2.05) is 0 Å². The highest BCUT2D eigenvalue weighted by Crippen LogP contribution is 2.12. The fourth-order valence-corrected chi connectivity index (χ4v) is 2.73. The van der Waals surface area contributed by atoms with Crippen molar-refractivity contribution in [2.45, 2.75) is 4.90 Å². The van der Waals surface area contributed by atoms with Gasteiger partial charge in [0.1, 0.15) is 0 Å². The van der Waals surface area contributed by atoms with Crippen LogP contribution in [0.2, 0.25) is 0 Å². The second-order valence-corrected chi connectivity index (χ2v) is 6.67. The number of oxime groups is 1. The van der Waals surface area contributed by atoms with E-state index in [1.54, 1.807) is 0 Å². The van der Waals surface area contributed by atoms with Gasteiger partial charge in [-0.1, -0.05) is 23.3 Å². The number of hydrogen-bond donors (Lipinski definition) is 3. The number of benzene rings is 1. The van der Waals surface area contributed by atoms with Gasteiger partial charge in [-0.2, -0.15) is 0 Å². The highest BCUT2D eigenvalue weighted by molar-refractivity contribution is 7.91. The van der Waals surface area contributed by atoms with E-state index in [9.17, 15) is 8.42 Å². The van der Waals surface area contributed by atoms with Crippen molar-refractivity contribution in [3.63, 3.8) is 0 Å². The molecule has 20 heavy (non-hydrogen) atoms. The van der Waals surface area contributed by atoms with E-state index in [0.717, 1.165) is 0 Å². The zero-order valence-corrected chi connectivity index (χ0v) is 12.3. The summed E-state index contributed by atoms with van der Waals surface area (Å²) >= 11 is 5.56. The van der Waals surface area contributed by atoms with Crippen LogP contribution in [-0.4, -0.2) is 38.3 Å². The van der Waals surface area contributed by atoms with Crippen molar-refractivity contribution in [1.82, 2.24) is 5.32 Å². The van der Waals surface area contributed by atoms with Crippen LogP contribution in [0, 0.1) is 0 Å². The van der Waals surface area contributed by atoms with E-state index < -0.39 is 9.84 Å². The summed E-state index contributed by atoms with van der Waals surface area (Å²) < 4.78 is 24.0. The highest BCUT2D eigenvalue weighted by atomic mass is 35.5. The van der Waals surface area contributed by atoms with E-state index in [1.165, 1.54) is 24.3 Å². The first kappa shape index (κ1) is 16.5. The third-order valence-corrected chi connectivity index (χ3v) is 4.35. The van der Waals surface area contributed by atoms with Crippen molar-refractivity contribution in [2.24, 2.45) is 10.9 Å². The fourth-order valence-electron chi connectivity index (χ4n) is 1.44. The number of sulfone groups is 1. The third-order valence-electron chi connectivity index (χ3n) is 2.48. The van der Waals surface area contributed by atoms with Crippen LogP contribution < -0.4 is 11.1 Å². The Hall–Kier alpha value is -1.57. The van der Waals surface area contributed by atoms with Gasteiger partial charge in [0.25, 0.3) is 0 Å². The van der Waals surface area contributed by atoms with Gasteiger partial charge in [-0.25, -0.2) is 8.42 Å². The Morgan fingerprint density at radius 1 is 1.40 bits per heavy atom. The molecule has 6 nitrogen and oxygen atoms in total. The monoisotopic (exact) mass is 317 g/mol. The van der Waals surface area contributed by atoms with E-state index in [2.05, 4.69) is 17.1 Å². The van der Waals surface area contributed by atoms with Gasteiger partial charge in [0.15, 0.2) is 15.7 Å². The Morgan fingerprint density at radius 2 is 2.00 bits per heavy atom. The summed E-state index contributed by atoms with van der Waals surface area (Å²) in [5, 5.41) is 14.7. The maximum atomic E-state index is 12.0. The van der Waals surface area contributed by atoms with Gasteiger partial charge in [-0.15, -0.1) is 0 Å². The maximum absolute atomic E-state index is 12.0. The molecule has 0 fully saturated rings. The molecule has 0 bridgehead atoms. The molecule has 0 unspecified atom stereocenters. The molecular weight excluding hydrogens is 302 g/mol. The molecule has 0 saturated heterocycles.